The van der Waals surface area contributed by atoms with Crippen LogP contribution in [-0.4, -0.2) is 30.0 Å². The molecule has 0 aromatic rings. The molecule has 0 aromatic heterocycles. The number of guanidine groups is 1. The van der Waals surface area contributed by atoms with Gasteiger partial charge in [-0.05, 0) is 32.6 Å². The van der Waals surface area contributed by atoms with Gasteiger partial charge in [0.25, 0.3) is 0 Å². The van der Waals surface area contributed by atoms with E-state index in [1.165, 1.54) is 19.3 Å². The van der Waals surface area contributed by atoms with Crippen LogP contribution in [0, 0.1) is 0 Å². The van der Waals surface area contributed by atoms with Crippen molar-refractivity contribution < 1.29 is 4.79 Å². The van der Waals surface area contributed by atoms with Crippen LogP contribution in [0.5, 0.6) is 0 Å². The molecule has 102 valence electrons. The second kappa shape index (κ2) is 6.07. The van der Waals surface area contributed by atoms with Crippen molar-refractivity contribution in [3.8, 4) is 0 Å². The molecule has 2 aliphatic carbocycles. The van der Waals surface area contributed by atoms with Gasteiger partial charge in [-0.2, -0.15) is 0 Å². The van der Waals surface area contributed by atoms with E-state index in [0.717, 1.165) is 25.7 Å². The Bertz CT molecular complexity index is 319. The van der Waals surface area contributed by atoms with Crippen LogP contribution < -0.4 is 16.4 Å². The first-order valence-corrected chi connectivity index (χ1v) is 7.05. The zero-order valence-corrected chi connectivity index (χ0v) is 11.1. The van der Waals surface area contributed by atoms with E-state index in [1.807, 2.05) is 6.92 Å². The van der Waals surface area contributed by atoms with Crippen molar-refractivity contribution in [1.29, 1.82) is 0 Å². The molecule has 0 aliphatic heterocycles. The van der Waals surface area contributed by atoms with Crippen LogP contribution in [0.15, 0.2) is 4.99 Å². The largest absolute Gasteiger partial charge is 0.370 e. The molecule has 0 heterocycles. The predicted molar refractivity (Wildman–Crippen MR) is 72.3 cm³/mol. The van der Waals surface area contributed by atoms with Crippen LogP contribution in [0.25, 0.3) is 0 Å². The lowest BCUT2D eigenvalue weighted by molar-refractivity contribution is -0.122. The van der Waals surface area contributed by atoms with Gasteiger partial charge in [0.1, 0.15) is 6.04 Å². The lowest BCUT2D eigenvalue weighted by atomic mass is 9.96. The number of nitrogens with one attached hydrogen (secondary N) is 2. The summed E-state index contributed by atoms with van der Waals surface area (Å²) in [6.07, 6.45) is 8.21. The summed E-state index contributed by atoms with van der Waals surface area (Å²) in [5, 5.41) is 5.93. The number of nitrogens with zero attached hydrogens (tertiary/aromatic N) is 1. The monoisotopic (exact) mass is 252 g/mol. The lowest BCUT2D eigenvalue weighted by Crippen LogP contribution is -2.48. The van der Waals surface area contributed by atoms with Crippen LogP contribution in [0.1, 0.15) is 51.9 Å². The SMILES string of the molecule is CC(NC(N)=NC1CCCCC1)C(=O)NC1CC1. The number of amides is 1. The highest BCUT2D eigenvalue weighted by Gasteiger charge is 2.25. The van der Waals surface area contributed by atoms with E-state index in [4.69, 9.17) is 5.73 Å². The van der Waals surface area contributed by atoms with Gasteiger partial charge in [-0.3, -0.25) is 9.79 Å². The molecule has 0 saturated heterocycles. The zero-order chi connectivity index (χ0) is 13.0. The van der Waals surface area contributed by atoms with Crippen molar-refractivity contribution in [3.05, 3.63) is 0 Å². The molecule has 1 amide bonds. The number of nitrogens with two attached hydrogens (primary N) is 1. The van der Waals surface area contributed by atoms with E-state index < -0.39 is 0 Å². The molecule has 2 rings (SSSR count). The molecular formula is C13H24N4O. The predicted octanol–water partition coefficient (Wildman–Crippen LogP) is 0.891. The first-order valence-electron chi connectivity index (χ1n) is 7.05. The Hall–Kier alpha value is -1.26. The summed E-state index contributed by atoms with van der Waals surface area (Å²) in [7, 11) is 0. The molecule has 5 nitrogen and oxygen atoms in total. The quantitative estimate of drug-likeness (QED) is 0.513. The van der Waals surface area contributed by atoms with Crippen LogP contribution >= 0.6 is 0 Å². The third kappa shape index (κ3) is 4.20. The molecule has 1 unspecified atom stereocenters. The number of hydrogen-bond acceptors (Lipinski definition) is 2. The van der Waals surface area contributed by atoms with Gasteiger partial charge in [0.2, 0.25) is 5.91 Å². The minimum Gasteiger partial charge on any atom is -0.370 e. The summed E-state index contributed by atoms with van der Waals surface area (Å²) in [6, 6.07) is 0.418. The maximum absolute atomic E-state index is 11.7. The highest BCUT2D eigenvalue weighted by molar-refractivity contribution is 5.88. The fraction of sp³-hybridized carbons (Fsp3) is 0.846. The Labute approximate surface area is 109 Å². The van der Waals surface area contributed by atoms with Crippen LogP contribution in [0.4, 0.5) is 0 Å². The summed E-state index contributed by atoms with van der Waals surface area (Å²) >= 11 is 0. The Morgan fingerprint density at radius 1 is 1.22 bits per heavy atom. The van der Waals surface area contributed by atoms with Crippen molar-refractivity contribution in [2.24, 2.45) is 10.7 Å². The standard InChI is InChI=1S/C13H24N4O/c1-9(12(18)16-11-7-8-11)15-13(14)17-10-5-3-2-4-6-10/h9-11H,2-8H2,1H3,(H,16,18)(H3,14,15,17). The lowest BCUT2D eigenvalue weighted by Gasteiger charge is -2.20. The summed E-state index contributed by atoms with van der Waals surface area (Å²) in [5.41, 5.74) is 5.85. The van der Waals surface area contributed by atoms with Gasteiger partial charge in [-0.25, -0.2) is 0 Å². The Morgan fingerprint density at radius 2 is 1.89 bits per heavy atom. The van der Waals surface area contributed by atoms with E-state index in [0.29, 0.717) is 18.0 Å². The summed E-state index contributed by atoms with van der Waals surface area (Å²) < 4.78 is 0. The van der Waals surface area contributed by atoms with Gasteiger partial charge in [0, 0.05) is 6.04 Å². The molecule has 0 spiro atoms. The number of aliphatic imine (C=N–C) groups is 1. The third-order valence-electron chi connectivity index (χ3n) is 3.58. The van der Waals surface area contributed by atoms with Crippen LogP contribution in [0.3, 0.4) is 0 Å². The van der Waals surface area contributed by atoms with Gasteiger partial charge < -0.3 is 16.4 Å². The Kier molecular flexibility index (Phi) is 4.44. The summed E-state index contributed by atoms with van der Waals surface area (Å²) in [5.74, 6) is 0.416. The van der Waals surface area contributed by atoms with Gasteiger partial charge in [0.15, 0.2) is 5.96 Å². The summed E-state index contributed by atoms with van der Waals surface area (Å²) in [4.78, 5) is 16.2. The van der Waals surface area contributed by atoms with Gasteiger partial charge >= 0.3 is 0 Å². The zero-order valence-electron chi connectivity index (χ0n) is 11.1. The minimum atomic E-state index is -0.307. The molecular weight excluding hydrogens is 228 g/mol. The first-order chi connectivity index (χ1) is 8.65. The van der Waals surface area contributed by atoms with E-state index in [1.54, 1.807) is 0 Å². The molecule has 4 N–H and O–H groups in total. The Balaban J connectivity index is 1.75. The maximum atomic E-state index is 11.7. The average Bonchev–Trinajstić information content (AvgIpc) is 3.14. The Morgan fingerprint density at radius 3 is 2.50 bits per heavy atom. The third-order valence-corrected chi connectivity index (χ3v) is 3.58. The fourth-order valence-electron chi connectivity index (χ4n) is 2.29. The van der Waals surface area contributed by atoms with Crippen molar-refractivity contribution in [3.63, 3.8) is 0 Å². The first kappa shape index (κ1) is 13.2. The van der Waals surface area contributed by atoms with Gasteiger partial charge in [-0.1, -0.05) is 19.3 Å². The molecule has 5 heteroatoms. The maximum Gasteiger partial charge on any atom is 0.242 e. The molecule has 2 fully saturated rings. The van der Waals surface area contributed by atoms with Crippen LogP contribution in [-0.2, 0) is 4.79 Å². The summed E-state index contributed by atoms with van der Waals surface area (Å²) in [6.45, 7) is 1.82. The van der Waals surface area contributed by atoms with Crippen molar-refractivity contribution in [2.75, 3.05) is 0 Å². The highest BCUT2D eigenvalue weighted by atomic mass is 16.2. The van der Waals surface area contributed by atoms with Gasteiger partial charge in [-0.15, -0.1) is 0 Å². The van der Waals surface area contributed by atoms with Crippen LogP contribution in [0.2, 0.25) is 0 Å². The van der Waals surface area contributed by atoms with E-state index in [-0.39, 0.29) is 11.9 Å². The number of hydrogen-bond donors (Lipinski definition) is 3. The fourth-order valence-corrected chi connectivity index (χ4v) is 2.29. The normalized spacial score (nSPS) is 23.5. The van der Waals surface area contributed by atoms with Crippen molar-refractivity contribution in [2.45, 2.75) is 70.0 Å². The number of carbonyl (C=O) groups excluding carboxylic acids is 1. The van der Waals surface area contributed by atoms with Gasteiger partial charge in [0.05, 0.1) is 6.04 Å². The average molecular weight is 252 g/mol. The highest BCUT2D eigenvalue weighted by Crippen LogP contribution is 2.20. The molecule has 0 radical (unpaired) electrons. The molecule has 1 atom stereocenters. The minimum absolute atomic E-state index is 0.0132. The number of carbonyl (C=O) groups is 1. The second-order valence-corrected chi connectivity index (χ2v) is 5.46. The molecule has 0 aromatic carbocycles. The molecule has 18 heavy (non-hydrogen) atoms. The second-order valence-electron chi connectivity index (χ2n) is 5.46. The van der Waals surface area contributed by atoms with E-state index in [2.05, 4.69) is 15.6 Å². The molecule has 0 bridgehead atoms. The topological polar surface area (TPSA) is 79.5 Å². The van der Waals surface area contributed by atoms with E-state index >= 15 is 0 Å². The van der Waals surface area contributed by atoms with E-state index in [9.17, 15) is 4.79 Å². The molecule has 2 saturated carbocycles. The van der Waals surface area contributed by atoms with Crippen molar-refractivity contribution >= 4 is 11.9 Å². The molecule has 2 aliphatic rings. The number of rotatable bonds is 4. The van der Waals surface area contributed by atoms with Crippen molar-refractivity contribution in [1.82, 2.24) is 10.6 Å². The smallest absolute Gasteiger partial charge is 0.242 e.